The molecule has 5 aromatic rings. The van der Waals surface area contributed by atoms with Crippen molar-refractivity contribution in [3.63, 3.8) is 0 Å². The Morgan fingerprint density at radius 1 is 1.18 bits per heavy atom. The van der Waals surface area contributed by atoms with Gasteiger partial charge in [-0.05, 0) is 38.1 Å². The Morgan fingerprint density at radius 2 is 1.97 bits per heavy atom. The molecule has 12 heteroatoms. The predicted molar refractivity (Wildman–Crippen MR) is 138 cm³/mol. The summed E-state index contributed by atoms with van der Waals surface area (Å²) in [5.74, 6) is 5.53. The Balaban J connectivity index is 1.71. The number of hydrogen-bond donors (Lipinski definition) is 3. The fraction of sp³-hybridized carbons (Fsp3) is 0.154. The van der Waals surface area contributed by atoms with E-state index in [1.54, 1.807) is 38.1 Å². The van der Waals surface area contributed by atoms with Crippen molar-refractivity contribution in [2.24, 2.45) is 0 Å². The zero-order valence-electron chi connectivity index (χ0n) is 20.3. The van der Waals surface area contributed by atoms with Gasteiger partial charge in [0.2, 0.25) is 0 Å². The number of fused-ring (bicyclic) bond motifs is 1. The van der Waals surface area contributed by atoms with E-state index in [-0.39, 0.29) is 34.0 Å². The molecule has 0 spiro atoms. The Morgan fingerprint density at radius 3 is 2.68 bits per heavy atom. The van der Waals surface area contributed by atoms with Gasteiger partial charge < -0.3 is 20.7 Å². The van der Waals surface area contributed by atoms with E-state index in [4.69, 9.17) is 20.3 Å². The van der Waals surface area contributed by atoms with Crippen LogP contribution in [0.1, 0.15) is 30.2 Å². The van der Waals surface area contributed by atoms with Gasteiger partial charge in [-0.25, -0.2) is 19.3 Å². The smallest absolute Gasteiger partial charge is 0.267 e. The molecular formula is C26H21FN8O3. The lowest BCUT2D eigenvalue weighted by atomic mass is 10.1. The first-order valence-corrected chi connectivity index (χ1v) is 11.5. The number of nitrogens with one attached hydrogen (secondary N) is 1. The molecule has 5 rings (SSSR count). The number of halogens is 1. The average Bonchev–Trinajstić information content (AvgIpc) is 3.34. The fourth-order valence-electron chi connectivity index (χ4n) is 4.02. The van der Waals surface area contributed by atoms with Crippen molar-refractivity contribution in [1.29, 1.82) is 0 Å². The van der Waals surface area contributed by atoms with Gasteiger partial charge in [-0.1, -0.05) is 35.2 Å². The van der Waals surface area contributed by atoms with E-state index in [1.165, 1.54) is 23.0 Å². The van der Waals surface area contributed by atoms with E-state index in [0.29, 0.717) is 22.9 Å². The van der Waals surface area contributed by atoms with Crippen LogP contribution in [0.3, 0.4) is 0 Å². The van der Waals surface area contributed by atoms with Gasteiger partial charge in [0.15, 0.2) is 5.82 Å². The molecule has 0 aliphatic carbocycles. The summed E-state index contributed by atoms with van der Waals surface area (Å²) in [6.45, 7) is 2.96. The largest absolute Gasteiger partial charge is 0.384 e. The minimum absolute atomic E-state index is 0.000872. The van der Waals surface area contributed by atoms with Crippen molar-refractivity contribution in [2.75, 3.05) is 17.7 Å². The third-order valence-electron chi connectivity index (χ3n) is 5.68. The highest BCUT2D eigenvalue weighted by Gasteiger charge is 2.24. The molecule has 0 radical (unpaired) electrons. The lowest BCUT2D eigenvalue weighted by molar-refractivity contribution is 0.350. The van der Waals surface area contributed by atoms with Crippen LogP contribution in [0.5, 0.6) is 0 Å². The van der Waals surface area contributed by atoms with Crippen LogP contribution in [-0.2, 0) is 0 Å². The van der Waals surface area contributed by atoms with Crippen molar-refractivity contribution in [1.82, 2.24) is 29.7 Å². The van der Waals surface area contributed by atoms with Gasteiger partial charge in [0, 0.05) is 0 Å². The zero-order chi connectivity index (χ0) is 26.8. The molecule has 2 aromatic carbocycles. The number of benzene rings is 2. The molecule has 38 heavy (non-hydrogen) atoms. The number of aliphatic hydroxyl groups is 1. The second-order valence-corrected chi connectivity index (χ2v) is 8.22. The first-order chi connectivity index (χ1) is 18.4. The molecule has 0 fully saturated rings. The molecule has 11 nitrogen and oxygen atoms in total. The van der Waals surface area contributed by atoms with Crippen molar-refractivity contribution >= 4 is 22.5 Å². The number of aryl methyl sites for hydroxylation is 1. The number of hydrogen-bond acceptors (Lipinski definition) is 10. The molecule has 3 heterocycles. The fourth-order valence-corrected chi connectivity index (χ4v) is 4.02. The summed E-state index contributed by atoms with van der Waals surface area (Å²) in [5, 5.41) is 16.2. The topological polar surface area (TPSA) is 158 Å². The summed E-state index contributed by atoms with van der Waals surface area (Å²) >= 11 is 0. The number of nitrogens with zero attached hydrogens (tertiary/aromatic N) is 6. The number of rotatable bonds is 5. The highest BCUT2D eigenvalue weighted by Crippen LogP contribution is 2.32. The van der Waals surface area contributed by atoms with E-state index in [9.17, 15) is 9.18 Å². The summed E-state index contributed by atoms with van der Waals surface area (Å²) in [6.07, 6.45) is 1.28. The molecule has 0 aliphatic heterocycles. The summed E-state index contributed by atoms with van der Waals surface area (Å²) in [5.41, 5.74) is 6.50. The maximum atomic E-state index is 14.7. The van der Waals surface area contributed by atoms with Gasteiger partial charge in [-0.2, -0.15) is 4.98 Å². The Labute approximate surface area is 215 Å². The second kappa shape index (κ2) is 10.1. The van der Waals surface area contributed by atoms with E-state index in [0.717, 1.165) is 0 Å². The van der Waals surface area contributed by atoms with Gasteiger partial charge >= 0.3 is 0 Å². The molecule has 0 amide bonds. The molecule has 1 atom stereocenters. The maximum Gasteiger partial charge on any atom is 0.267 e. The Kier molecular flexibility index (Phi) is 6.51. The number of nitrogen functional groups attached to an aromatic ring is 1. The number of aromatic nitrogens is 6. The van der Waals surface area contributed by atoms with Crippen LogP contribution in [0.15, 0.2) is 58.1 Å². The standard InChI is InChI=1S/C26H21FN8O3/c1-14(31-23-21(22(28)29-13-30-23)25-32-15(2)34-38-25)24-33-19-11-10-18(27)17(9-6-12-36)20(19)26(37)35(24)16-7-4-3-5-8-16/h3-5,7-8,10-11,13-14,36H,12H2,1-2H3,(H3,28,29,30,31). The minimum Gasteiger partial charge on any atom is -0.384 e. The van der Waals surface area contributed by atoms with Crippen LogP contribution < -0.4 is 16.6 Å². The number of nitrogens with two attached hydrogens (primary N) is 1. The lowest BCUT2D eigenvalue weighted by Gasteiger charge is -2.21. The van der Waals surface area contributed by atoms with Crippen molar-refractivity contribution in [2.45, 2.75) is 19.9 Å². The van der Waals surface area contributed by atoms with Crippen LogP contribution in [-0.4, -0.2) is 41.4 Å². The third kappa shape index (κ3) is 4.42. The highest BCUT2D eigenvalue weighted by molar-refractivity contribution is 5.85. The van der Waals surface area contributed by atoms with Gasteiger partial charge in [0.1, 0.15) is 41.8 Å². The molecule has 0 aliphatic rings. The van der Waals surface area contributed by atoms with Crippen LogP contribution in [0, 0.1) is 24.6 Å². The predicted octanol–water partition coefficient (Wildman–Crippen LogP) is 2.77. The van der Waals surface area contributed by atoms with E-state index in [2.05, 4.69) is 37.3 Å². The number of anilines is 2. The van der Waals surface area contributed by atoms with Gasteiger partial charge in [0.25, 0.3) is 11.4 Å². The van der Waals surface area contributed by atoms with E-state index < -0.39 is 24.0 Å². The van der Waals surface area contributed by atoms with E-state index >= 15 is 0 Å². The summed E-state index contributed by atoms with van der Waals surface area (Å²) in [4.78, 5) is 31.2. The highest BCUT2D eigenvalue weighted by atomic mass is 19.1. The molecule has 1 unspecified atom stereocenters. The Hall–Kier alpha value is -5.15. The van der Waals surface area contributed by atoms with Crippen LogP contribution >= 0.6 is 0 Å². The molecular weight excluding hydrogens is 491 g/mol. The first kappa shape index (κ1) is 24.5. The van der Waals surface area contributed by atoms with Gasteiger partial charge in [-0.3, -0.25) is 9.36 Å². The second-order valence-electron chi connectivity index (χ2n) is 8.22. The lowest BCUT2D eigenvalue weighted by Crippen LogP contribution is -2.28. The quantitative estimate of drug-likeness (QED) is 0.299. The van der Waals surface area contributed by atoms with Gasteiger partial charge in [0.05, 0.1) is 28.2 Å². The zero-order valence-corrected chi connectivity index (χ0v) is 20.3. The van der Waals surface area contributed by atoms with Crippen LogP contribution in [0.2, 0.25) is 0 Å². The van der Waals surface area contributed by atoms with Crippen LogP contribution in [0.4, 0.5) is 16.0 Å². The van der Waals surface area contributed by atoms with Crippen molar-refractivity contribution < 1.29 is 14.0 Å². The third-order valence-corrected chi connectivity index (χ3v) is 5.68. The minimum atomic E-state index is -0.688. The molecule has 0 saturated heterocycles. The van der Waals surface area contributed by atoms with Crippen molar-refractivity contribution in [3.8, 4) is 29.0 Å². The summed E-state index contributed by atoms with van der Waals surface area (Å²) in [6, 6.07) is 10.8. The molecule has 3 aromatic heterocycles. The maximum absolute atomic E-state index is 14.7. The molecule has 0 bridgehead atoms. The molecule has 0 saturated carbocycles. The molecule has 4 N–H and O–H groups in total. The SMILES string of the molecule is Cc1noc(-c2c(N)ncnc2NC(C)c2nc3ccc(F)c(C#CCO)c3c(=O)n2-c2ccccc2)n1. The molecule has 190 valence electrons. The van der Waals surface area contributed by atoms with Crippen molar-refractivity contribution in [3.05, 3.63) is 82.2 Å². The van der Waals surface area contributed by atoms with Gasteiger partial charge in [-0.15, -0.1) is 0 Å². The summed E-state index contributed by atoms with van der Waals surface area (Å²) < 4.78 is 21.4. The van der Waals surface area contributed by atoms with E-state index in [1.807, 2.05) is 6.07 Å². The monoisotopic (exact) mass is 512 g/mol. The first-order valence-electron chi connectivity index (χ1n) is 11.5. The number of aliphatic hydroxyl groups excluding tert-OH is 1. The normalized spacial score (nSPS) is 11.7. The van der Waals surface area contributed by atoms with Crippen LogP contribution in [0.25, 0.3) is 28.0 Å². The number of para-hydroxylation sites is 1. The summed E-state index contributed by atoms with van der Waals surface area (Å²) in [7, 11) is 0. The average molecular weight is 513 g/mol. The Bertz CT molecular complexity index is 1770.